The van der Waals surface area contributed by atoms with Gasteiger partial charge in [0.15, 0.2) is 0 Å². The Morgan fingerprint density at radius 2 is 1.50 bits per heavy atom. The quantitative estimate of drug-likeness (QED) is 0.329. The van der Waals surface area contributed by atoms with Crippen LogP contribution in [0, 0.1) is 0 Å². The van der Waals surface area contributed by atoms with E-state index in [0.29, 0.717) is 19.3 Å². The van der Waals surface area contributed by atoms with Crippen molar-refractivity contribution < 1.29 is 19.5 Å². The molecule has 0 spiro atoms. The molecule has 0 aliphatic rings. The van der Waals surface area contributed by atoms with E-state index in [2.05, 4.69) is 0 Å². The van der Waals surface area contributed by atoms with Gasteiger partial charge in [-0.1, -0.05) is 6.42 Å². The molecular weight excluding hydrogens is 201 g/mol. The third-order valence-corrected chi connectivity index (χ3v) is 2.01. The Morgan fingerprint density at radius 1 is 1.00 bits per heavy atom. The third-order valence-electron chi connectivity index (χ3n) is 1.11. The molecular formula is C5H13Na2O4P. The van der Waals surface area contributed by atoms with Crippen molar-refractivity contribution in [2.75, 3.05) is 12.8 Å². The van der Waals surface area contributed by atoms with Crippen LogP contribution in [0.3, 0.4) is 0 Å². The van der Waals surface area contributed by atoms with E-state index in [-0.39, 0.29) is 71.9 Å². The molecule has 64 valence electrons. The predicted molar refractivity (Wildman–Crippen MR) is 49.4 cm³/mol. The monoisotopic (exact) mass is 214 g/mol. The molecule has 0 aromatic heterocycles. The molecule has 0 fully saturated rings. The largest absolute Gasteiger partial charge is 0.396 e. The minimum absolute atomic E-state index is 0. The van der Waals surface area contributed by atoms with E-state index in [4.69, 9.17) is 14.9 Å². The molecule has 0 bridgehead atoms. The van der Waals surface area contributed by atoms with Crippen LogP contribution in [0.1, 0.15) is 19.3 Å². The standard InChI is InChI=1S/C5H13O4P.2Na/c6-4-2-1-3-5-10(7,8)9;;/h6H,1-5H2,(H2,7,8,9);;. The molecule has 0 aromatic carbocycles. The minimum Gasteiger partial charge on any atom is -0.396 e. The SMILES string of the molecule is O=P(O)(O)CCCCCO.[Na].[Na]. The van der Waals surface area contributed by atoms with Crippen LogP contribution < -0.4 is 0 Å². The number of aliphatic hydroxyl groups is 1. The van der Waals surface area contributed by atoms with Gasteiger partial charge in [-0.15, -0.1) is 0 Å². The fraction of sp³-hybridized carbons (Fsp3) is 1.00. The van der Waals surface area contributed by atoms with Crippen molar-refractivity contribution in [3.05, 3.63) is 0 Å². The fourth-order valence-corrected chi connectivity index (χ4v) is 1.24. The molecule has 0 saturated heterocycles. The zero-order chi connectivity index (χ0) is 8.04. The van der Waals surface area contributed by atoms with Crippen LogP contribution in [0.5, 0.6) is 0 Å². The number of hydrogen-bond donors (Lipinski definition) is 3. The molecule has 0 aromatic rings. The average Bonchev–Trinajstić information content (AvgIpc) is 1.78. The Labute approximate surface area is 117 Å². The second-order valence-electron chi connectivity index (χ2n) is 2.17. The molecule has 2 radical (unpaired) electrons. The summed E-state index contributed by atoms with van der Waals surface area (Å²) in [7, 11) is -3.79. The van der Waals surface area contributed by atoms with Crippen LogP contribution in [-0.2, 0) is 4.57 Å². The van der Waals surface area contributed by atoms with E-state index >= 15 is 0 Å². The zero-order valence-electron chi connectivity index (χ0n) is 7.73. The summed E-state index contributed by atoms with van der Waals surface area (Å²) >= 11 is 0. The van der Waals surface area contributed by atoms with E-state index in [1.54, 1.807) is 0 Å². The van der Waals surface area contributed by atoms with Crippen molar-refractivity contribution in [2.24, 2.45) is 0 Å². The van der Waals surface area contributed by atoms with Crippen LogP contribution in [0.4, 0.5) is 0 Å². The predicted octanol–water partition coefficient (Wildman–Crippen LogP) is -0.435. The second kappa shape index (κ2) is 11.2. The number of rotatable bonds is 5. The van der Waals surface area contributed by atoms with Gasteiger partial charge in [0.1, 0.15) is 0 Å². The van der Waals surface area contributed by atoms with Crippen LogP contribution in [0.15, 0.2) is 0 Å². The van der Waals surface area contributed by atoms with Gasteiger partial charge in [-0.25, -0.2) is 0 Å². The summed E-state index contributed by atoms with van der Waals surface area (Å²) in [6.45, 7) is 0.0984. The van der Waals surface area contributed by atoms with Gasteiger partial charge in [-0.2, -0.15) is 0 Å². The Morgan fingerprint density at radius 3 is 1.83 bits per heavy atom. The number of unbranched alkanes of at least 4 members (excludes halogenated alkanes) is 2. The maximum atomic E-state index is 10.2. The first kappa shape index (κ1) is 19.6. The van der Waals surface area contributed by atoms with Crippen LogP contribution >= 0.6 is 7.60 Å². The van der Waals surface area contributed by atoms with Crippen LogP contribution in [0.25, 0.3) is 0 Å². The van der Waals surface area contributed by atoms with Gasteiger partial charge in [0, 0.05) is 71.9 Å². The van der Waals surface area contributed by atoms with E-state index < -0.39 is 7.60 Å². The average molecular weight is 214 g/mol. The maximum Gasteiger partial charge on any atom is 0.325 e. The Kier molecular flexibility index (Phi) is 18.3. The fourth-order valence-electron chi connectivity index (χ4n) is 0.606. The Bertz CT molecular complexity index is 127. The summed E-state index contributed by atoms with van der Waals surface area (Å²) < 4.78 is 10.2. The van der Waals surface area contributed by atoms with Crippen molar-refractivity contribution >= 4 is 66.7 Å². The van der Waals surface area contributed by atoms with E-state index in [9.17, 15) is 4.57 Å². The van der Waals surface area contributed by atoms with E-state index in [0.717, 1.165) is 0 Å². The summed E-state index contributed by atoms with van der Waals surface area (Å²) in [4.78, 5) is 16.7. The van der Waals surface area contributed by atoms with Crippen molar-refractivity contribution in [1.82, 2.24) is 0 Å². The molecule has 7 heteroatoms. The van der Waals surface area contributed by atoms with Crippen molar-refractivity contribution in [1.29, 1.82) is 0 Å². The summed E-state index contributed by atoms with van der Waals surface area (Å²) in [6.07, 6.45) is 1.74. The first-order valence-electron chi connectivity index (χ1n) is 3.22. The van der Waals surface area contributed by atoms with E-state index in [1.807, 2.05) is 0 Å². The summed E-state index contributed by atoms with van der Waals surface area (Å²) in [5.74, 6) is 0. The third kappa shape index (κ3) is 18.0. The van der Waals surface area contributed by atoms with Gasteiger partial charge in [0.05, 0.1) is 0 Å². The summed E-state index contributed by atoms with van der Waals surface area (Å²) in [5, 5.41) is 8.30. The molecule has 0 unspecified atom stereocenters. The number of aliphatic hydroxyl groups excluding tert-OH is 1. The topological polar surface area (TPSA) is 77.8 Å². The van der Waals surface area contributed by atoms with Gasteiger partial charge in [0.2, 0.25) is 0 Å². The summed E-state index contributed by atoms with van der Waals surface area (Å²) in [6, 6.07) is 0. The Balaban J connectivity index is -0.000000405. The molecule has 12 heavy (non-hydrogen) atoms. The molecule has 3 N–H and O–H groups in total. The maximum absolute atomic E-state index is 10.2. The molecule has 0 saturated carbocycles. The summed E-state index contributed by atoms with van der Waals surface area (Å²) in [5.41, 5.74) is 0. The van der Waals surface area contributed by atoms with Gasteiger partial charge in [-0.05, 0) is 12.8 Å². The van der Waals surface area contributed by atoms with Crippen molar-refractivity contribution in [3.63, 3.8) is 0 Å². The first-order chi connectivity index (χ1) is 4.56. The molecule has 0 amide bonds. The number of hydrogen-bond acceptors (Lipinski definition) is 2. The van der Waals surface area contributed by atoms with Gasteiger partial charge < -0.3 is 14.9 Å². The molecule has 0 rings (SSSR count). The van der Waals surface area contributed by atoms with Crippen LogP contribution in [-0.4, -0.2) is 86.8 Å². The van der Waals surface area contributed by atoms with Gasteiger partial charge >= 0.3 is 7.60 Å². The minimum atomic E-state index is -3.79. The zero-order valence-corrected chi connectivity index (χ0v) is 12.6. The second-order valence-corrected chi connectivity index (χ2v) is 3.95. The molecule has 0 aliphatic heterocycles. The normalized spacial score (nSPS) is 9.92. The molecule has 0 atom stereocenters. The molecule has 0 aliphatic carbocycles. The van der Waals surface area contributed by atoms with Crippen LogP contribution in [0.2, 0.25) is 0 Å². The van der Waals surface area contributed by atoms with E-state index in [1.165, 1.54) is 0 Å². The molecule has 4 nitrogen and oxygen atoms in total. The van der Waals surface area contributed by atoms with Gasteiger partial charge in [0.25, 0.3) is 0 Å². The van der Waals surface area contributed by atoms with Crippen molar-refractivity contribution in [3.8, 4) is 0 Å². The van der Waals surface area contributed by atoms with Crippen molar-refractivity contribution in [2.45, 2.75) is 19.3 Å². The molecule has 0 heterocycles. The smallest absolute Gasteiger partial charge is 0.325 e. The van der Waals surface area contributed by atoms with Gasteiger partial charge in [-0.3, -0.25) is 4.57 Å². The first-order valence-corrected chi connectivity index (χ1v) is 5.01. The Hall–Kier alpha value is 2.11.